The van der Waals surface area contributed by atoms with Crippen LogP contribution < -0.4 is 5.32 Å². The average molecular weight is 283 g/mol. The minimum atomic E-state index is -0.847. The molecule has 1 rings (SSSR count). The van der Waals surface area contributed by atoms with Crippen molar-refractivity contribution < 1.29 is 14.7 Å². The molecule has 2 N–H and O–H groups in total. The Hall–Kier alpha value is -1.06. The lowest BCUT2D eigenvalue weighted by Crippen LogP contribution is -2.45. The minimum Gasteiger partial charge on any atom is -0.481 e. The van der Waals surface area contributed by atoms with Crippen molar-refractivity contribution in [3.8, 4) is 0 Å². The second-order valence-corrected chi connectivity index (χ2v) is 7.28. The largest absolute Gasteiger partial charge is 0.481 e. The maximum atomic E-state index is 12.2. The van der Waals surface area contributed by atoms with Gasteiger partial charge >= 0.3 is 5.97 Å². The summed E-state index contributed by atoms with van der Waals surface area (Å²) in [4.78, 5) is 23.0. The molecule has 2 atom stereocenters. The van der Waals surface area contributed by atoms with Crippen LogP contribution in [0.3, 0.4) is 0 Å². The van der Waals surface area contributed by atoms with Gasteiger partial charge in [-0.1, -0.05) is 40.5 Å². The van der Waals surface area contributed by atoms with Gasteiger partial charge in [-0.05, 0) is 30.1 Å². The van der Waals surface area contributed by atoms with E-state index in [9.17, 15) is 9.59 Å². The molecule has 0 bridgehead atoms. The summed E-state index contributed by atoms with van der Waals surface area (Å²) < 4.78 is 0. The molecule has 4 heteroatoms. The normalized spacial score (nSPS) is 23.6. The van der Waals surface area contributed by atoms with Crippen molar-refractivity contribution in [2.24, 2.45) is 17.3 Å². The highest BCUT2D eigenvalue weighted by atomic mass is 16.4. The molecule has 4 nitrogen and oxygen atoms in total. The first-order chi connectivity index (χ1) is 9.21. The highest BCUT2D eigenvalue weighted by molar-refractivity contribution is 5.78. The van der Waals surface area contributed by atoms with Gasteiger partial charge in [0.2, 0.25) is 5.91 Å². The summed E-state index contributed by atoms with van der Waals surface area (Å²) in [6.45, 7) is 8.09. The smallest absolute Gasteiger partial charge is 0.303 e. The van der Waals surface area contributed by atoms with Gasteiger partial charge in [0.15, 0.2) is 0 Å². The van der Waals surface area contributed by atoms with Crippen LogP contribution in [0.2, 0.25) is 0 Å². The predicted octanol–water partition coefficient (Wildman–Crippen LogP) is 3.21. The van der Waals surface area contributed by atoms with Crippen molar-refractivity contribution in [3.05, 3.63) is 0 Å². The van der Waals surface area contributed by atoms with Crippen molar-refractivity contribution in [2.75, 3.05) is 0 Å². The summed E-state index contributed by atoms with van der Waals surface area (Å²) in [5.41, 5.74) is -0.488. The van der Waals surface area contributed by atoms with E-state index in [0.29, 0.717) is 11.8 Å². The lowest BCUT2D eigenvalue weighted by atomic mass is 9.77. The average Bonchev–Trinajstić information content (AvgIpc) is 2.26. The Morgan fingerprint density at radius 1 is 1.20 bits per heavy atom. The van der Waals surface area contributed by atoms with Crippen LogP contribution in [0.4, 0.5) is 0 Å². The van der Waals surface area contributed by atoms with Crippen LogP contribution in [0.25, 0.3) is 0 Å². The summed E-state index contributed by atoms with van der Waals surface area (Å²) in [5.74, 6) is 0.275. The zero-order chi connectivity index (χ0) is 15.3. The zero-order valence-electron chi connectivity index (χ0n) is 13.2. The van der Waals surface area contributed by atoms with E-state index in [1.165, 1.54) is 19.3 Å². The number of carbonyl (C=O) groups is 2. The molecule has 1 aliphatic carbocycles. The molecule has 0 spiro atoms. The fourth-order valence-electron chi connectivity index (χ4n) is 3.30. The Bertz CT molecular complexity index is 350. The molecule has 20 heavy (non-hydrogen) atoms. The summed E-state index contributed by atoms with van der Waals surface area (Å²) in [7, 11) is 0. The van der Waals surface area contributed by atoms with Gasteiger partial charge in [-0.3, -0.25) is 9.59 Å². The van der Waals surface area contributed by atoms with Crippen LogP contribution in [0.15, 0.2) is 0 Å². The third-order valence-electron chi connectivity index (χ3n) is 4.29. The molecule has 0 radical (unpaired) electrons. The van der Waals surface area contributed by atoms with Crippen LogP contribution in [0.1, 0.15) is 66.2 Å². The highest BCUT2D eigenvalue weighted by Gasteiger charge is 2.31. The first kappa shape index (κ1) is 17.0. The first-order valence-corrected chi connectivity index (χ1v) is 7.72. The van der Waals surface area contributed by atoms with E-state index < -0.39 is 11.4 Å². The zero-order valence-corrected chi connectivity index (χ0v) is 13.2. The Morgan fingerprint density at radius 3 is 2.35 bits per heavy atom. The Kier molecular flexibility index (Phi) is 6.03. The maximum Gasteiger partial charge on any atom is 0.303 e. The third kappa shape index (κ3) is 5.51. The molecule has 1 aliphatic rings. The molecule has 0 aromatic carbocycles. The van der Waals surface area contributed by atoms with E-state index in [2.05, 4.69) is 19.2 Å². The van der Waals surface area contributed by atoms with Crippen molar-refractivity contribution >= 4 is 11.9 Å². The number of carbonyl (C=O) groups excluding carboxylic acids is 1. The van der Waals surface area contributed by atoms with Crippen molar-refractivity contribution in [2.45, 2.75) is 72.3 Å². The number of aliphatic carboxylic acids is 1. The Balaban J connectivity index is 2.54. The first-order valence-electron chi connectivity index (χ1n) is 7.72. The number of amides is 1. The van der Waals surface area contributed by atoms with Gasteiger partial charge in [-0.15, -0.1) is 0 Å². The van der Waals surface area contributed by atoms with E-state index in [4.69, 9.17) is 5.11 Å². The molecular formula is C16H29NO3. The SMILES string of the molecule is CC(C)C1CCCCC1NC(=O)CC(C)(C)CC(=O)O. The van der Waals surface area contributed by atoms with Gasteiger partial charge in [0.25, 0.3) is 0 Å². The molecule has 0 heterocycles. The van der Waals surface area contributed by atoms with Gasteiger partial charge < -0.3 is 10.4 Å². The van der Waals surface area contributed by atoms with E-state index in [1.807, 2.05) is 13.8 Å². The molecule has 1 saturated carbocycles. The molecule has 2 unspecified atom stereocenters. The van der Waals surface area contributed by atoms with Crippen molar-refractivity contribution in [1.29, 1.82) is 0 Å². The van der Waals surface area contributed by atoms with Gasteiger partial charge in [0.1, 0.15) is 0 Å². The van der Waals surface area contributed by atoms with E-state index in [-0.39, 0.29) is 24.8 Å². The number of nitrogens with one attached hydrogen (secondary N) is 1. The second kappa shape index (κ2) is 7.09. The van der Waals surface area contributed by atoms with Gasteiger partial charge in [0.05, 0.1) is 6.42 Å². The molecule has 0 aromatic heterocycles. The monoisotopic (exact) mass is 283 g/mol. The fourth-order valence-corrected chi connectivity index (χ4v) is 3.30. The molecule has 0 saturated heterocycles. The van der Waals surface area contributed by atoms with E-state index in [1.54, 1.807) is 0 Å². The summed E-state index contributed by atoms with van der Waals surface area (Å²) in [5, 5.41) is 12.0. The van der Waals surface area contributed by atoms with Crippen LogP contribution in [0.5, 0.6) is 0 Å². The standard InChI is InChI=1S/C16H29NO3/c1-11(2)12-7-5-6-8-13(12)17-14(18)9-16(3,4)10-15(19)20/h11-13H,5-10H2,1-4H3,(H,17,18)(H,19,20). The number of carboxylic acids is 1. The molecule has 1 fully saturated rings. The maximum absolute atomic E-state index is 12.2. The molecule has 116 valence electrons. The van der Waals surface area contributed by atoms with E-state index in [0.717, 1.165) is 6.42 Å². The minimum absolute atomic E-state index is 0.00574. The second-order valence-electron chi connectivity index (χ2n) is 7.28. The summed E-state index contributed by atoms with van der Waals surface area (Å²) in [6, 6.07) is 0.261. The Labute approximate surface area is 122 Å². The number of hydrogen-bond acceptors (Lipinski definition) is 2. The number of rotatable bonds is 6. The van der Waals surface area contributed by atoms with Gasteiger partial charge in [0, 0.05) is 12.5 Å². The van der Waals surface area contributed by atoms with Crippen molar-refractivity contribution in [3.63, 3.8) is 0 Å². The van der Waals surface area contributed by atoms with Crippen LogP contribution in [0, 0.1) is 17.3 Å². The number of carboxylic acid groups (broad SMARTS) is 1. The highest BCUT2D eigenvalue weighted by Crippen LogP contribution is 2.31. The van der Waals surface area contributed by atoms with Crippen LogP contribution in [-0.4, -0.2) is 23.0 Å². The molecule has 0 aliphatic heterocycles. The third-order valence-corrected chi connectivity index (χ3v) is 4.29. The Morgan fingerprint density at radius 2 is 1.80 bits per heavy atom. The quantitative estimate of drug-likeness (QED) is 0.786. The molecule has 0 aromatic rings. The van der Waals surface area contributed by atoms with E-state index >= 15 is 0 Å². The lowest BCUT2D eigenvalue weighted by Gasteiger charge is -2.35. The summed E-state index contributed by atoms with van der Waals surface area (Å²) in [6.07, 6.45) is 4.96. The predicted molar refractivity (Wildman–Crippen MR) is 79.4 cm³/mol. The number of hydrogen-bond donors (Lipinski definition) is 2. The molecular weight excluding hydrogens is 254 g/mol. The van der Waals surface area contributed by atoms with Crippen LogP contribution >= 0.6 is 0 Å². The summed E-state index contributed by atoms with van der Waals surface area (Å²) >= 11 is 0. The van der Waals surface area contributed by atoms with Crippen LogP contribution in [-0.2, 0) is 9.59 Å². The fraction of sp³-hybridized carbons (Fsp3) is 0.875. The van der Waals surface area contributed by atoms with Gasteiger partial charge in [-0.2, -0.15) is 0 Å². The van der Waals surface area contributed by atoms with Gasteiger partial charge in [-0.25, -0.2) is 0 Å². The van der Waals surface area contributed by atoms with Crippen molar-refractivity contribution in [1.82, 2.24) is 5.32 Å². The molecule has 1 amide bonds. The lowest BCUT2D eigenvalue weighted by molar-refractivity contribution is -0.139. The topological polar surface area (TPSA) is 66.4 Å².